The molecule has 0 fully saturated rings. The molecule has 4 aromatic rings. The summed E-state index contributed by atoms with van der Waals surface area (Å²) in [6.07, 6.45) is 2.51. The van der Waals surface area contributed by atoms with E-state index >= 15 is 0 Å². The summed E-state index contributed by atoms with van der Waals surface area (Å²) in [5, 5.41) is 5.52. The van der Waals surface area contributed by atoms with Crippen LogP contribution < -0.4 is 10.6 Å². The van der Waals surface area contributed by atoms with Gasteiger partial charge in [0.25, 0.3) is 0 Å². The number of aryl methyl sites for hydroxylation is 4. The van der Waals surface area contributed by atoms with Crippen molar-refractivity contribution < 1.29 is 19.1 Å². The van der Waals surface area contributed by atoms with E-state index in [2.05, 4.69) is 70.7 Å². The van der Waals surface area contributed by atoms with Gasteiger partial charge in [-0.15, -0.1) is 0 Å². The highest BCUT2D eigenvalue weighted by Gasteiger charge is 2.17. The molecule has 0 radical (unpaired) electrons. The summed E-state index contributed by atoms with van der Waals surface area (Å²) >= 11 is 0. The van der Waals surface area contributed by atoms with Gasteiger partial charge in [0.15, 0.2) is 0 Å². The van der Waals surface area contributed by atoms with E-state index in [9.17, 15) is 9.59 Å². The lowest BCUT2D eigenvalue weighted by molar-refractivity contribution is 0.0624. The van der Waals surface area contributed by atoms with Gasteiger partial charge in [0.2, 0.25) is 0 Å². The van der Waals surface area contributed by atoms with Crippen molar-refractivity contribution in [2.75, 3.05) is 10.6 Å². The second-order valence-corrected chi connectivity index (χ2v) is 13.9. The molecule has 4 aliphatic carbocycles. The van der Waals surface area contributed by atoms with Gasteiger partial charge in [0, 0.05) is 33.6 Å². The number of amides is 2. The van der Waals surface area contributed by atoms with Crippen molar-refractivity contribution in [3.63, 3.8) is 0 Å². The first kappa shape index (κ1) is 33.9. The van der Waals surface area contributed by atoms with Gasteiger partial charge in [-0.25, -0.2) is 9.59 Å². The largest absolute Gasteiger partial charge is 0.444 e. The van der Waals surface area contributed by atoms with E-state index in [-0.39, 0.29) is 0 Å². The summed E-state index contributed by atoms with van der Waals surface area (Å²) in [7, 11) is 0. The fourth-order valence-electron chi connectivity index (χ4n) is 5.18. The Kier molecular flexibility index (Phi) is 10.3. The molecule has 48 heavy (non-hydrogen) atoms. The molecule has 244 valence electrons. The molecule has 8 rings (SSSR count). The van der Waals surface area contributed by atoms with Gasteiger partial charge in [-0.05, 0) is 150 Å². The summed E-state index contributed by atoms with van der Waals surface area (Å²) in [5.74, 6) is 13.5. The van der Waals surface area contributed by atoms with E-state index in [0.29, 0.717) is 11.4 Å². The van der Waals surface area contributed by atoms with E-state index in [4.69, 9.17) is 9.47 Å². The summed E-state index contributed by atoms with van der Waals surface area (Å²) in [6.45, 7) is 11.0. The molecule has 4 aromatic carbocycles. The van der Waals surface area contributed by atoms with Crippen molar-refractivity contribution in [1.29, 1.82) is 0 Å². The molecule has 0 unspecified atom stereocenters. The predicted octanol–water partition coefficient (Wildman–Crippen LogP) is 9.06. The van der Waals surface area contributed by atoms with Crippen LogP contribution in [-0.2, 0) is 35.2 Å². The zero-order chi connectivity index (χ0) is 34.3. The number of benzene rings is 4. The number of rotatable bonds is 2. The van der Waals surface area contributed by atoms with E-state index in [0.717, 1.165) is 47.9 Å². The molecule has 2 N–H and O–H groups in total. The Hall–Kier alpha value is -5.46. The normalized spacial score (nSPS) is 12.3. The van der Waals surface area contributed by atoms with Crippen LogP contribution in [0.25, 0.3) is 0 Å². The third-order valence-electron chi connectivity index (χ3n) is 7.46. The number of anilines is 2. The first-order valence-electron chi connectivity index (χ1n) is 16.3. The molecule has 0 aromatic heterocycles. The lowest BCUT2D eigenvalue weighted by atomic mass is 9.91. The van der Waals surface area contributed by atoms with Gasteiger partial charge in [-0.2, -0.15) is 0 Å². The number of carbonyl (C=O) groups is 2. The van der Waals surface area contributed by atoms with Crippen molar-refractivity contribution in [2.24, 2.45) is 0 Å². The lowest BCUT2D eigenvalue weighted by Gasteiger charge is -2.19. The topological polar surface area (TPSA) is 76.7 Å². The Morgan fingerprint density at radius 3 is 1.25 bits per heavy atom. The van der Waals surface area contributed by atoms with Gasteiger partial charge >= 0.3 is 12.2 Å². The fourth-order valence-corrected chi connectivity index (χ4v) is 5.18. The summed E-state index contributed by atoms with van der Waals surface area (Å²) in [5.41, 5.74) is 8.93. The summed E-state index contributed by atoms with van der Waals surface area (Å²) in [4.78, 5) is 24.2. The average molecular weight is 639 g/mol. The molecule has 4 bridgehead atoms. The van der Waals surface area contributed by atoms with E-state index in [1.54, 1.807) is 0 Å². The molecule has 6 nitrogen and oxygen atoms in total. The van der Waals surface area contributed by atoms with E-state index < -0.39 is 23.4 Å². The van der Waals surface area contributed by atoms with Gasteiger partial charge in [0.1, 0.15) is 11.2 Å². The minimum absolute atomic E-state index is 0.481. The van der Waals surface area contributed by atoms with Crippen molar-refractivity contribution in [3.05, 3.63) is 129 Å². The lowest BCUT2D eigenvalue weighted by Crippen LogP contribution is -2.27. The maximum atomic E-state index is 12.1. The third-order valence-corrected chi connectivity index (χ3v) is 7.46. The predicted molar refractivity (Wildman–Crippen MR) is 192 cm³/mol. The number of ether oxygens (including phenoxy) is 2. The van der Waals surface area contributed by atoms with Crippen LogP contribution in [0.4, 0.5) is 21.0 Å². The molecular formula is C42H42N2O4. The molecule has 0 heterocycles. The van der Waals surface area contributed by atoms with Crippen LogP contribution in [0.5, 0.6) is 0 Å². The highest BCUT2D eigenvalue weighted by atomic mass is 16.6. The van der Waals surface area contributed by atoms with Crippen molar-refractivity contribution in [2.45, 2.75) is 78.4 Å². The molecule has 0 atom stereocenters. The maximum Gasteiger partial charge on any atom is 0.412 e. The minimum Gasteiger partial charge on any atom is -0.444 e. The number of hydrogen-bond acceptors (Lipinski definition) is 4. The van der Waals surface area contributed by atoms with Gasteiger partial charge in [-0.1, -0.05) is 47.9 Å². The van der Waals surface area contributed by atoms with E-state index in [1.807, 2.05) is 90.1 Å². The molecule has 0 aliphatic heterocycles. The second kappa shape index (κ2) is 14.5. The number of carbonyl (C=O) groups excluding carboxylic acids is 2. The highest BCUT2D eigenvalue weighted by molar-refractivity contribution is 5.85. The summed E-state index contributed by atoms with van der Waals surface area (Å²) < 4.78 is 10.7. The Labute approximate surface area is 284 Å². The number of hydrogen-bond donors (Lipinski definition) is 2. The van der Waals surface area contributed by atoms with Crippen LogP contribution in [0, 0.1) is 23.7 Å². The summed E-state index contributed by atoms with van der Waals surface area (Å²) in [6, 6.07) is 28.2. The Balaban J connectivity index is 1.27. The zero-order valence-electron chi connectivity index (χ0n) is 28.5. The van der Waals surface area contributed by atoms with Crippen LogP contribution in [0.15, 0.2) is 84.9 Å². The molecule has 4 aliphatic rings. The Morgan fingerprint density at radius 1 is 0.521 bits per heavy atom. The first-order chi connectivity index (χ1) is 22.8. The highest BCUT2D eigenvalue weighted by Crippen LogP contribution is 2.22. The quantitative estimate of drug-likeness (QED) is 0.215. The van der Waals surface area contributed by atoms with E-state index in [1.165, 1.54) is 22.3 Å². The van der Waals surface area contributed by atoms with Gasteiger partial charge in [-0.3, -0.25) is 10.6 Å². The fraction of sp³-hybridized carbons (Fsp3) is 0.286. The smallest absolute Gasteiger partial charge is 0.412 e. The van der Waals surface area contributed by atoms with Crippen molar-refractivity contribution in [3.8, 4) is 23.7 Å². The third kappa shape index (κ3) is 10.3. The molecule has 0 spiro atoms. The average Bonchev–Trinajstić information content (AvgIpc) is 3.00. The maximum absolute atomic E-state index is 12.1. The monoisotopic (exact) mass is 638 g/mol. The van der Waals surface area contributed by atoms with Gasteiger partial charge in [0.05, 0.1) is 0 Å². The molecule has 2 amide bonds. The van der Waals surface area contributed by atoms with Crippen LogP contribution in [0.3, 0.4) is 0 Å². The van der Waals surface area contributed by atoms with Crippen LogP contribution in [0.1, 0.15) is 86.1 Å². The SMILES string of the molecule is CC(C)(C)OC(=O)Nc1ccc(C#Cc2cc3ccc2CCc2ccc(c(C#Cc4ccc(NC(=O)OC(C)(C)C)cc4)c2)CC3)cc1. The first-order valence-corrected chi connectivity index (χ1v) is 16.3. The molecular weight excluding hydrogens is 596 g/mol. The van der Waals surface area contributed by atoms with Gasteiger partial charge < -0.3 is 9.47 Å². The molecule has 0 saturated carbocycles. The minimum atomic E-state index is -0.556. The Morgan fingerprint density at radius 2 is 0.896 bits per heavy atom. The molecule has 6 heteroatoms. The number of nitrogens with one attached hydrogen (secondary N) is 2. The zero-order valence-corrected chi connectivity index (χ0v) is 28.5. The van der Waals surface area contributed by atoms with Crippen LogP contribution in [0.2, 0.25) is 0 Å². The second-order valence-electron chi connectivity index (χ2n) is 13.9. The molecule has 0 saturated heterocycles. The Bertz CT molecular complexity index is 1780. The van der Waals surface area contributed by atoms with Crippen LogP contribution >= 0.6 is 0 Å². The van der Waals surface area contributed by atoms with Crippen molar-refractivity contribution >= 4 is 23.6 Å². The van der Waals surface area contributed by atoms with Crippen molar-refractivity contribution in [1.82, 2.24) is 0 Å². The van der Waals surface area contributed by atoms with Crippen LogP contribution in [-0.4, -0.2) is 23.4 Å². The standard InChI is InChI=1S/C42H42N2O4/c1-41(2,3)47-39(45)43-37-23-13-29(14-24-37)7-21-35-27-31-9-17-33(35)19-11-32-10-18-34(20-12-31)36(28-32)22-8-30-15-25-38(26-16-30)44-40(46)48-42(4,5)6/h9-10,13-18,23-28H,11-12,19-20H2,1-6H3,(H,43,45)(H,44,46).